The molecule has 2 N–H and O–H groups in total. The topological polar surface area (TPSA) is 93.4 Å². The first-order valence-corrected chi connectivity index (χ1v) is 8.82. The highest BCUT2D eigenvalue weighted by Crippen LogP contribution is 2.20. The number of nitrogens with one attached hydrogen (secondary N) is 1. The number of rotatable bonds is 7. The van der Waals surface area contributed by atoms with Gasteiger partial charge in [0.25, 0.3) is 0 Å². The van der Waals surface area contributed by atoms with Gasteiger partial charge in [0.05, 0.1) is 23.1 Å². The van der Waals surface area contributed by atoms with Crippen LogP contribution >= 0.6 is 0 Å². The second-order valence-electron chi connectivity index (χ2n) is 5.20. The summed E-state index contributed by atoms with van der Waals surface area (Å²) in [5.74, 6) is 0. The van der Waals surface area contributed by atoms with E-state index in [0.717, 1.165) is 9.99 Å². The van der Waals surface area contributed by atoms with Crippen LogP contribution in [0.25, 0.3) is 0 Å². The van der Waals surface area contributed by atoms with E-state index < -0.39 is 10.0 Å². The number of likely N-dealkylation sites (N-methyl/N-ethyl adjacent to an activating group) is 1. The maximum absolute atomic E-state index is 12.6. The van der Waals surface area contributed by atoms with E-state index in [0.29, 0.717) is 17.7 Å². The van der Waals surface area contributed by atoms with Crippen LogP contribution < -0.4 is 5.32 Å². The molecule has 0 atom stereocenters. The van der Waals surface area contributed by atoms with Crippen molar-refractivity contribution in [2.75, 3.05) is 25.5 Å². The smallest absolute Gasteiger partial charge is 0.243 e. The molecule has 0 unspecified atom stereocenters. The van der Waals surface area contributed by atoms with Crippen LogP contribution in [0.15, 0.2) is 53.4 Å². The van der Waals surface area contributed by atoms with E-state index in [2.05, 4.69) is 5.32 Å². The van der Waals surface area contributed by atoms with Gasteiger partial charge in [-0.3, -0.25) is 0 Å². The fraction of sp³-hybridized carbons (Fsp3) is 0.235. The first kappa shape index (κ1) is 17.9. The van der Waals surface area contributed by atoms with Crippen molar-refractivity contribution in [3.63, 3.8) is 0 Å². The largest absolute Gasteiger partial charge is 0.395 e. The lowest BCUT2D eigenvalue weighted by atomic mass is 10.2. The average molecular weight is 345 g/mol. The molecule has 2 aromatic carbocycles. The predicted molar refractivity (Wildman–Crippen MR) is 91.8 cm³/mol. The summed E-state index contributed by atoms with van der Waals surface area (Å²) in [5.41, 5.74) is 1.99. The molecule has 2 rings (SSSR count). The molecular formula is C17H19N3O3S. The van der Waals surface area contributed by atoms with Gasteiger partial charge in [-0.1, -0.05) is 18.2 Å². The summed E-state index contributed by atoms with van der Waals surface area (Å²) in [6.45, 7) is 0.134. The highest BCUT2D eigenvalue weighted by Gasteiger charge is 2.22. The Morgan fingerprint density at radius 3 is 2.46 bits per heavy atom. The summed E-state index contributed by atoms with van der Waals surface area (Å²) in [6.07, 6.45) is 0. The number of hydrogen-bond donors (Lipinski definition) is 2. The fourth-order valence-electron chi connectivity index (χ4n) is 2.19. The molecule has 0 aliphatic rings. The highest BCUT2D eigenvalue weighted by atomic mass is 32.2. The Labute approximate surface area is 142 Å². The number of hydrogen-bond acceptors (Lipinski definition) is 5. The van der Waals surface area contributed by atoms with Crippen LogP contribution in [0.1, 0.15) is 11.1 Å². The zero-order chi connectivity index (χ0) is 17.6. The first-order valence-electron chi connectivity index (χ1n) is 7.38. The molecule has 0 bridgehead atoms. The summed E-state index contributed by atoms with van der Waals surface area (Å²) < 4.78 is 26.3. The van der Waals surface area contributed by atoms with E-state index in [1.54, 1.807) is 48.5 Å². The molecule has 126 valence electrons. The Morgan fingerprint density at radius 2 is 1.83 bits per heavy atom. The molecule has 7 heteroatoms. The molecule has 0 saturated heterocycles. The SMILES string of the molecule is CN(CCO)S(=O)(=O)c1ccccc1CNc1ccc(C#N)cc1. The van der Waals surface area contributed by atoms with Crippen LogP contribution in [-0.4, -0.2) is 38.0 Å². The van der Waals surface area contributed by atoms with Crippen LogP contribution in [0, 0.1) is 11.3 Å². The van der Waals surface area contributed by atoms with Crippen LogP contribution in [-0.2, 0) is 16.6 Å². The van der Waals surface area contributed by atoms with Crippen molar-refractivity contribution in [3.8, 4) is 6.07 Å². The van der Waals surface area contributed by atoms with Crippen molar-refractivity contribution in [2.24, 2.45) is 0 Å². The van der Waals surface area contributed by atoms with E-state index in [1.807, 2.05) is 6.07 Å². The normalized spacial score (nSPS) is 11.2. The molecule has 6 nitrogen and oxygen atoms in total. The zero-order valence-electron chi connectivity index (χ0n) is 13.3. The van der Waals surface area contributed by atoms with Crippen molar-refractivity contribution in [2.45, 2.75) is 11.4 Å². The Morgan fingerprint density at radius 1 is 1.17 bits per heavy atom. The van der Waals surface area contributed by atoms with Gasteiger partial charge in [-0.2, -0.15) is 9.57 Å². The molecule has 0 aromatic heterocycles. The Balaban J connectivity index is 2.21. The van der Waals surface area contributed by atoms with Crippen molar-refractivity contribution in [1.29, 1.82) is 5.26 Å². The maximum atomic E-state index is 12.6. The average Bonchev–Trinajstić information content (AvgIpc) is 2.60. The third kappa shape index (κ3) is 4.11. The minimum atomic E-state index is -3.66. The molecule has 0 fully saturated rings. The summed E-state index contributed by atoms with van der Waals surface area (Å²) in [4.78, 5) is 0.210. The Hall–Kier alpha value is -2.40. The number of sulfonamides is 1. The number of nitrogens with zero attached hydrogens (tertiary/aromatic N) is 2. The third-order valence-electron chi connectivity index (χ3n) is 3.57. The minimum Gasteiger partial charge on any atom is -0.395 e. The minimum absolute atomic E-state index is 0.0414. The lowest BCUT2D eigenvalue weighted by molar-refractivity contribution is 0.266. The van der Waals surface area contributed by atoms with E-state index in [4.69, 9.17) is 10.4 Å². The van der Waals surface area contributed by atoms with E-state index in [1.165, 1.54) is 7.05 Å². The van der Waals surface area contributed by atoms with Gasteiger partial charge in [0, 0.05) is 25.8 Å². The molecule has 0 spiro atoms. The quantitative estimate of drug-likeness (QED) is 0.798. The van der Waals surface area contributed by atoms with E-state index in [-0.39, 0.29) is 18.0 Å². The Bertz CT molecular complexity index is 827. The van der Waals surface area contributed by atoms with Crippen LogP contribution in [0.3, 0.4) is 0 Å². The standard InChI is InChI=1S/C17H19N3O3S/c1-20(10-11-21)24(22,23)17-5-3-2-4-15(17)13-19-16-8-6-14(12-18)7-9-16/h2-9,19,21H,10-11,13H2,1H3. The summed E-state index contributed by atoms with van der Waals surface area (Å²) in [5, 5.41) is 20.9. The lowest BCUT2D eigenvalue weighted by Gasteiger charge is -2.18. The first-order chi connectivity index (χ1) is 11.5. The Kier molecular flexibility index (Phi) is 5.93. The monoisotopic (exact) mass is 345 g/mol. The van der Waals surface area contributed by atoms with Crippen molar-refractivity contribution in [3.05, 3.63) is 59.7 Å². The fourth-order valence-corrected chi connectivity index (χ4v) is 3.57. The van der Waals surface area contributed by atoms with Crippen molar-refractivity contribution >= 4 is 15.7 Å². The van der Waals surface area contributed by atoms with Gasteiger partial charge in [0.15, 0.2) is 0 Å². The number of benzene rings is 2. The summed E-state index contributed by atoms with van der Waals surface area (Å²) >= 11 is 0. The van der Waals surface area contributed by atoms with Gasteiger partial charge in [-0.25, -0.2) is 8.42 Å². The van der Waals surface area contributed by atoms with E-state index >= 15 is 0 Å². The number of aliphatic hydroxyl groups excluding tert-OH is 1. The van der Waals surface area contributed by atoms with Crippen molar-refractivity contribution in [1.82, 2.24) is 4.31 Å². The summed E-state index contributed by atoms with van der Waals surface area (Å²) in [6, 6.07) is 15.7. The molecule has 0 aliphatic heterocycles. The van der Waals surface area contributed by atoms with Crippen LogP contribution in [0.5, 0.6) is 0 Å². The van der Waals surface area contributed by atoms with Crippen LogP contribution in [0.2, 0.25) is 0 Å². The zero-order valence-corrected chi connectivity index (χ0v) is 14.1. The number of anilines is 1. The van der Waals surface area contributed by atoms with Gasteiger partial charge in [0.1, 0.15) is 0 Å². The third-order valence-corrected chi connectivity index (χ3v) is 5.53. The lowest BCUT2D eigenvalue weighted by Crippen LogP contribution is -2.30. The molecule has 0 radical (unpaired) electrons. The molecule has 0 aliphatic carbocycles. The summed E-state index contributed by atoms with van der Waals surface area (Å²) in [7, 11) is -2.22. The van der Waals surface area contributed by atoms with Gasteiger partial charge in [-0.05, 0) is 35.9 Å². The number of nitriles is 1. The van der Waals surface area contributed by atoms with Gasteiger partial charge >= 0.3 is 0 Å². The van der Waals surface area contributed by atoms with E-state index in [9.17, 15) is 8.42 Å². The molecule has 0 heterocycles. The maximum Gasteiger partial charge on any atom is 0.243 e. The van der Waals surface area contributed by atoms with Crippen LogP contribution in [0.4, 0.5) is 5.69 Å². The molecular weight excluding hydrogens is 326 g/mol. The predicted octanol–water partition coefficient (Wildman–Crippen LogP) is 1.78. The molecule has 2 aromatic rings. The second kappa shape index (κ2) is 7.93. The molecule has 24 heavy (non-hydrogen) atoms. The second-order valence-corrected chi connectivity index (χ2v) is 7.21. The highest BCUT2D eigenvalue weighted by molar-refractivity contribution is 7.89. The van der Waals surface area contributed by atoms with Crippen molar-refractivity contribution < 1.29 is 13.5 Å². The molecule has 0 amide bonds. The van der Waals surface area contributed by atoms with Gasteiger partial charge < -0.3 is 10.4 Å². The number of aliphatic hydroxyl groups is 1. The van der Waals surface area contributed by atoms with Gasteiger partial charge in [-0.15, -0.1) is 0 Å². The van der Waals surface area contributed by atoms with Gasteiger partial charge in [0.2, 0.25) is 10.0 Å². The molecule has 0 saturated carbocycles.